The Balaban J connectivity index is 1.75. The molecular weight excluding hydrogens is 368 g/mol. The molecule has 29 heavy (non-hydrogen) atoms. The lowest BCUT2D eigenvalue weighted by atomic mass is 10.2. The third kappa shape index (κ3) is 3.73. The van der Waals surface area contributed by atoms with Gasteiger partial charge in [-0.2, -0.15) is 0 Å². The lowest BCUT2D eigenvalue weighted by Crippen LogP contribution is -2.27. The first-order valence-electron chi connectivity index (χ1n) is 9.07. The van der Waals surface area contributed by atoms with E-state index in [1.807, 2.05) is 24.3 Å². The topological polar surface area (TPSA) is 68.2 Å². The molecule has 0 atom stereocenters. The predicted molar refractivity (Wildman–Crippen MR) is 110 cm³/mol. The average molecular weight is 386 g/mol. The maximum atomic E-state index is 12.5. The van der Waals surface area contributed by atoms with Gasteiger partial charge >= 0.3 is 5.97 Å². The van der Waals surface area contributed by atoms with Gasteiger partial charge in [-0.05, 0) is 48.6 Å². The number of amides is 1. The van der Waals surface area contributed by atoms with E-state index in [2.05, 4.69) is 4.99 Å². The Morgan fingerprint density at radius 2 is 1.72 bits per heavy atom. The number of hydrogen-bond donors (Lipinski definition) is 0. The Morgan fingerprint density at radius 3 is 2.52 bits per heavy atom. The van der Waals surface area contributed by atoms with Gasteiger partial charge in [0.05, 0.1) is 5.69 Å². The summed E-state index contributed by atoms with van der Waals surface area (Å²) >= 11 is 0. The highest BCUT2D eigenvalue weighted by molar-refractivity contribution is 6.11. The van der Waals surface area contributed by atoms with Crippen molar-refractivity contribution in [3.8, 4) is 11.5 Å². The van der Waals surface area contributed by atoms with E-state index < -0.39 is 5.97 Å². The van der Waals surface area contributed by atoms with E-state index in [4.69, 9.17) is 9.47 Å². The quantitative estimate of drug-likeness (QED) is 0.577. The molecule has 1 aliphatic carbocycles. The molecule has 2 aliphatic rings. The van der Waals surface area contributed by atoms with Crippen LogP contribution in [0.3, 0.4) is 0 Å². The first-order valence-corrected chi connectivity index (χ1v) is 9.07. The standard InChI is InChI=1S/C23H18N2O4/c1-15(26)25(20-8-4-6-10-23(20)28-16(2)27)17-11-13-19-22(14-12-17)29-21-9-5-3-7-18(21)24-19/h3-14H,1-2H3. The Hall–Kier alpha value is -3.93. The number of anilines is 1. The number of rotatable bonds is 3. The summed E-state index contributed by atoms with van der Waals surface area (Å²) in [4.78, 5) is 30.1. The van der Waals surface area contributed by atoms with Crippen LogP contribution in [0.2, 0.25) is 0 Å². The van der Waals surface area contributed by atoms with Crippen molar-refractivity contribution in [1.29, 1.82) is 0 Å². The minimum Gasteiger partial charge on any atom is -0.453 e. The fourth-order valence-electron chi connectivity index (χ4n) is 3.13. The lowest BCUT2D eigenvalue weighted by Gasteiger charge is -2.24. The molecule has 0 radical (unpaired) electrons. The maximum absolute atomic E-state index is 12.5. The molecule has 0 bridgehead atoms. The number of hydrogen-bond acceptors (Lipinski definition) is 5. The molecule has 6 heteroatoms. The van der Waals surface area contributed by atoms with Gasteiger partial charge in [0.15, 0.2) is 17.3 Å². The van der Waals surface area contributed by atoms with Crippen molar-refractivity contribution in [1.82, 2.24) is 0 Å². The van der Waals surface area contributed by atoms with Gasteiger partial charge in [0, 0.05) is 19.5 Å². The zero-order chi connectivity index (χ0) is 20.4. The van der Waals surface area contributed by atoms with Gasteiger partial charge in [-0.3, -0.25) is 14.5 Å². The van der Waals surface area contributed by atoms with Crippen LogP contribution in [0.5, 0.6) is 11.5 Å². The van der Waals surface area contributed by atoms with Crippen molar-refractivity contribution >= 4 is 29.0 Å². The number of carbonyl (C=O) groups is 2. The molecule has 2 aromatic rings. The zero-order valence-electron chi connectivity index (χ0n) is 16.0. The fraction of sp³-hybridized carbons (Fsp3) is 0.0870. The van der Waals surface area contributed by atoms with Gasteiger partial charge < -0.3 is 9.47 Å². The Kier molecular flexibility index (Phi) is 4.83. The summed E-state index contributed by atoms with van der Waals surface area (Å²) in [5.41, 5.74) is 2.47. The van der Waals surface area contributed by atoms with Crippen molar-refractivity contribution in [2.24, 2.45) is 4.99 Å². The second kappa shape index (κ2) is 7.59. The van der Waals surface area contributed by atoms with E-state index in [0.717, 1.165) is 5.69 Å². The van der Waals surface area contributed by atoms with Crippen LogP contribution in [0, 0.1) is 0 Å². The third-order valence-electron chi connectivity index (χ3n) is 4.33. The monoisotopic (exact) mass is 386 g/mol. The number of allylic oxidation sites excluding steroid dienone is 4. The summed E-state index contributed by atoms with van der Waals surface area (Å²) in [6.45, 7) is 2.77. The van der Waals surface area contributed by atoms with Gasteiger partial charge in [0.1, 0.15) is 11.4 Å². The molecule has 1 amide bonds. The Labute approximate surface area is 168 Å². The van der Waals surface area contributed by atoms with Gasteiger partial charge in [-0.25, -0.2) is 4.99 Å². The molecule has 0 unspecified atom stereocenters. The van der Waals surface area contributed by atoms with E-state index >= 15 is 0 Å². The number of benzene rings is 2. The number of fused-ring (bicyclic) bond motifs is 2. The predicted octanol–water partition coefficient (Wildman–Crippen LogP) is 4.47. The van der Waals surface area contributed by atoms with E-state index in [-0.39, 0.29) is 5.91 Å². The summed E-state index contributed by atoms with van der Waals surface area (Å²) in [5.74, 6) is 0.887. The summed E-state index contributed by atoms with van der Waals surface area (Å²) in [5, 5.41) is 0. The Morgan fingerprint density at radius 1 is 0.966 bits per heavy atom. The van der Waals surface area contributed by atoms with Crippen LogP contribution in [-0.2, 0) is 9.59 Å². The molecule has 144 valence electrons. The molecule has 0 N–H and O–H groups in total. The number of aliphatic imine (C=N–C) groups is 1. The van der Waals surface area contributed by atoms with E-state index in [1.54, 1.807) is 48.6 Å². The third-order valence-corrected chi connectivity index (χ3v) is 4.33. The summed E-state index contributed by atoms with van der Waals surface area (Å²) in [7, 11) is 0. The van der Waals surface area contributed by atoms with Crippen LogP contribution in [0.1, 0.15) is 13.8 Å². The number of nitrogens with zero attached hydrogens (tertiary/aromatic N) is 2. The van der Waals surface area contributed by atoms with Gasteiger partial charge in [-0.1, -0.05) is 24.3 Å². The average Bonchev–Trinajstić information content (AvgIpc) is 2.89. The maximum Gasteiger partial charge on any atom is 0.308 e. The van der Waals surface area contributed by atoms with Crippen LogP contribution in [-0.4, -0.2) is 17.6 Å². The highest BCUT2D eigenvalue weighted by Gasteiger charge is 2.23. The summed E-state index contributed by atoms with van der Waals surface area (Å²) < 4.78 is 11.2. The van der Waals surface area contributed by atoms with Crippen molar-refractivity contribution < 1.29 is 19.1 Å². The molecule has 1 aliphatic heterocycles. The van der Waals surface area contributed by atoms with Crippen molar-refractivity contribution in [3.05, 3.63) is 84.3 Å². The normalized spacial score (nSPS) is 14.2. The molecule has 0 aromatic heterocycles. The molecule has 0 saturated heterocycles. The van der Waals surface area contributed by atoms with Crippen LogP contribution in [0.15, 0.2) is 89.3 Å². The molecule has 1 heterocycles. The fourth-order valence-corrected chi connectivity index (χ4v) is 3.13. The molecule has 6 nitrogen and oxygen atoms in total. The molecule has 4 rings (SSSR count). The highest BCUT2D eigenvalue weighted by Crippen LogP contribution is 2.36. The van der Waals surface area contributed by atoms with E-state index in [9.17, 15) is 9.59 Å². The van der Waals surface area contributed by atoms with Crippen LogP contribution in [0.4, 0.5) is 11.4 Å². The van der Waals surface area contributed by atoms with E-state index in [1.165, 1.54) is 18.7 Å². The number of carbonyl (C=O) groups excluding carboxylic acids is 2. The minimum absolute atomic E-state index is 0.227. The minimum atomic E-state index is -0.458. The lowest BCUT2D eigenvalue weighted by molar-refractivity contribution is -0.132. The van der Waals surface area contributed by atoms with Crippen molar-refractivity contribution in [2.75, 3.05) is 4.90 Å². The summed E-state index contributed by atoms with van der Waals surface area (Å²) in [6.07, 6.45) is 7.12. The summed E-state index contributed by atoms with van der Waals surface area (Å²) in [6, 6.07) is 14.4. The largest absolute Gasteiger partial charge is 0.453 e. The smallest absolute Gasteiger partial charge is 0.308 e. The first kappa shape index (κ1) is 18.4. The molecule has 0 spiro atoms. The van der Waals surface area contributed by atoms with Gasteiger partial charge in [0.2, 0.25) is 5.91 Å². The van der Waals surface area contributed by atoms with Crippen LogP contribution < -0.4 is 14.4 Å². The second-order valence-electron chi connectivity index (χ2n) is 6.44. The zero-order valence-corrected chi connectivity index (χ0v) is 16.0. The van der Waals surface area contributed by atoms with Crippen LogP contribution >= 0.6 is 0 Å². The Bertz CT molecular complexity index is 1130. The molecule has 0 fully saturated rings. The van der Waals surface area contributed by atoms with Gasteiger partial charge in [-0.15, -0.1) is 0 Å². The molecular formula is C23H18N2O4. The molecule has 2 aromatic carbocycles. The van der Waals surface area contributed by atoms with Crippen molar-refractivity contribution in [3.63, 3.8) is 0 Å². The first-order chi connectivity index (χ1) is 14.0. The van der Waals surface area contributed by atoms with Gasteiger partial charge in [0.25, 0.3) is 0 Å². The number of para-hydroxylation sites is 4. The SMILES string of the molecule is CC(=O)Oc1ccccc1N(C(C)=O)C1=CC=C2Oc3ccccc3N=C2C=C1. The highest BCUT2D eigenvalue weighted by atomic mass is 16.5. The number of ether oxygens (including phenoxy) is 2. The second-order valence-corrected chi connectivity index (χ2v) is 6.44. The molecule has 0 saturated carbocycles. The van der Waals surface area contributed by atoms with Crippen molar-refractivity contribution in [2.45, 2.75) is 13.8 Å². The van der Waals surface area contributed by atoms with Crippen LogP contribution in [0.25, 0.3) is 0 Å². The van der Waals surface area contributed by atoms with E-state index in [0.29, 0.717) is 34.4 Å². The number of esters is 1.